The lowest BCUT2D eigenvalue weighted by atomic mass is 10.1. The van der Waals surface area contributed by atoms with Gasteiger partial charge in [-0.15, -0.1) is 0 Å². The third-order valence-electron chi connectivity index (χ3n) is 3.85. The van der Waals surface area contributed by atoms with E-state index in [2.05, 4.69) is 9.72 Å². The maximum Gasteiger partial charge on any atom is 0.422 e. The molecule has 7 nitrogen and oxygen atoms in total. The van der Waals surface area contributed by atoms with E-state index in [9.17, 15) is 14.4 Å². The first-order valence-corrected chi connectivity index (χ1v) is 7.59. The van der Waals surface area contributed by atoms with Crippen LogP contribution in [0.1, 0.15) is 22.5 Å². The fraction of sp³-hybridized carbons (Fsp3) is 0.167. The summed E-state index contributed by atoms with van der Waals surface area (Å²) < 4.78 is 4.67. The van der Waals surface area contributed by atoms with Crippen LogP contribution in [0.4, 0.5) is 10.5 Å². The predicted octanol–water partition coefficient (Wildman–Crippen LogP) is 2.74. The molecule has 128 valence electrons. The first kappa shape index (κ1) is 16.5. The van der Waals surface area contributed by atoms with Gasteiger partial charge < -0.3 is 14.8 Å². The topological polar surface area (TPSA) is 99.7 Å². The second-order valence-corrected chi connectivity index (χ2v) is 5.71. The second-order valence-electron chi connectivity index (χ2n) is 5.71. The number of rotatable bonds is 3. The Bertz CT molecular complexity index is 910. The number of carbonyl (C=O) groups excluding carboxylic acids is 2. The molecule has 2 amide bonds. The molecule has 0 aliphatic carbocycles. The van der Waals surface area contributed by atoms with Crippen molar-refractivity contribution >= 4 is 35.3 Å². The molecule has 0 bridgehead atoms. The number of para-hydroxylation sites is 1. The van der Waals surface area contributed by atoms with E-state index in [-0.39, 0.29) is 0 Å². The number of anilines is 1. The normalized spacial score (nSPS) is 14.7. The van der Waals surface area contributed by atoms with E-state index >= 15 is 0 Å². The molecule has 1 aromatic heterocycles. The zero-order chi connectivity index (χ0) is 18.1. The van der Waals surface area contributed by atoms with Crippen molar-refractivity contribution in [3.05, 3.63) is 52.8 Å². The third-order valence-corrected chi connectivity index (χ3v) is 3.85. The van der Waals surface area contributed by atoms with Crippen molar-refractivity contribution < 1.29 is 24.2 Å². The molecule has 3 rings (SSSR count). The number of fused-ring (bicyclic) bond motifs is 1. The summed E-state index contributed by atoms with van der Waals surface area (Å²) >= 11 is 0. The average molecular weight is 340 g/mol. The Morgan fingerprint density at radius 1 is 1.28 bits per heavy atom. The average Bonchev–Trinajstić information content (AvgIpc) is 3.02. The van der Waals surface area contributed by atoms with E-state index in [4.69, 9.17) is 5.11 Å². The number of imide groups is 1. The van der Waals surface area contributed by atoms with Crippen molar-refractivity contribution in [1.82, 2.24) is 4.98 Å². The van der Waals surface area contributed by atoms with Gasteiger partial charge in [-0.3, -0.25) is 4.79 Å². The van der Waals surface area contributed by atoms with Crippen molar-refractivity contribution in [1.29, 1.82) is 0 Å². The van der Waals surface area contributed by atoms with Gasteiger partial charge in [0, 0.05) is 17.0 Å². The molecular weight excluding hydrogens is 324 g/mol. The van der Waals surface area contributed by atoms with Crippen LogP contribution < -0.4 is 4.90 Å². The largest absolute Gasteiger partial charge is 0.479 e. The second kappa shape index (κ2) is 6.27. The number of aryl methyl sites for hydroxylation is 2. The number of aromatic nitrogens is 1. The summed E-state index contributed by atoms with van der Waals surface area (Å²) in [5, 5.41) is 8.65. The van der Waals surface area contributed by atoms with Crippen LogP contribution in [0.2, 0.25) is 0 Å². The zero-order valence-electron chi connectivity index (χ0n) is 13.7. The molecule has 0 radical (unpaired) electrons. The van der Waals surface area contributed by atoms with E-state index in [1.807, 2.05) is 19.9 Å². The first-order valence-electron chi connectivity index (χ1n) is 7.59. The van der Waals surface area contributed by atoms with Crippen molar-refractivity contribution in [3.63, 3.8) is 0 Å². The van der Waals surface area contributed by atoms with Gasteiger partial charge in [0.15, 0.2) is 6.61 Å². The van der Waals surface area contributed by atoms with Gasteiger partial charge in [-0.1, -0.05) is 18.2 Å². The molecular formula is C18H16N2O5. The van der Waals surface area contributed by atoms with Crippen molar-refractivity contribution in [3.8, 4) is 0 Å². The van der Waals surface area contributed by atoms with E-state index in [1.165, 1.54) is 0 Å². The smallest absolute Gasteiger partial charge is 0.422 e. The molecule has 2 heterocycles. The maximum absolute atomic E-state index is 12.8. The number of aliphatic carboxylic acids is 1. The fourth-order valence-electron chi connectivity index (χ4n) is 2.79. The molecule has 0 spiro atoms. The van der Waals surface area contributed by atoms with Crippen LogP contribution in [0.25, 0.3) is 11.6 Å². The summed E-state index contributed by atoms with van der Waals surface area (Å²) in [6, 6.07) is 8.75. The van der Waals surface area contributed by atoms with Crippen LogP contribution in [0.5, 0.6) is 0 Å². The zero-order valence-corrected chi connectivity index (χ0v) is 13.7. The number of carboxylic acid groups (broad SMARTS) is 1. The monoisotopic (exact) mass is 340 g/mol. The highest BCUT2D eigenvalue weighted by Gasteiger charge is 2.37. The lowest BCUT2D eigenvalue weighted by Crippen LogP contribution is -2.35. The Labute approximate surface area is 143 Å². The highest BCUT2D eigenvalue weighted by molar-refractivity contribution is 6.41. The molecule has 1 aromatic carbocycles. The Kier molecular flexibility index (Phi) is 4.14. The molecule has 0 fully saturated rings. The summed E-state index contributed by atoms with van der Waals surface area (Å²) in [6.45, 7) is 3.02. The maximum atomic E-state index is 12.8. The lowest BCUT2D eigenvalue weighted by Gasteiger charge is -2.13. The van der Waals surface area contributed by atoms with Gasteiger partial charge in [0.25, 0.3) is 5.91 Å². The number of carbonyl (C=O) groups is 3. The van der Waals surface area contributed by atoms with Gasteiger partial charge in [-0.05, 0) is 37.6 Å². The molecule has 25 heavy (non-hydrogen) atoms. The van der Waals surface area contributed by atoms with Crippen LogP contribution in [0.3, 0.4) is 0 Å². The molecule has 0 atom stereocenters. The van der Waals surface area contributed by atoms with Gasteiger partial charge in [0.05, 0.1) is 11.3 Å². The minimum Gasteiger partial charge on any atom is -0.479 e. The fourth-order valence-corrected chi connectivity index (χ4v) is 2.79. The Morgan fingerprint density at radius 3 is 2.64 bits per heavy atom. The van der Waals surface area contributed by atoms with Crippen LogP contribution in [-0.4, -0.2) is 34.7 Å². The van der Waals surface area contributed by atoms with Gasteiger partial charge in [-0.25, -0.2) is 14.5 Å². The number of H-pyrrole nitrogens is 1. The summed E-state index contributed by atoms with van der Waals surface area (Å²) in [7, 11) is 0. The molecule has 7 heteroatoms. The highest BCUT2D eigenvalue weighted by Crippen LogP contribution is 2.38. The van der Waals surface area contributed by atoms with E-state index < -0.39 is 24.6 Å². The number of carboxylic acids is 1. The lowest BCUT2D eigenvalue weighted by molar-refractivity contribution is -0.140. The molecule has 2 aromatic rings. The number of ether oxygens (including phenoxy) is 1. The van der Waals surface area contributed by atoms with Crippen LogP contribution >= 0.6 is 0 Å². The number of aromatic amines is 1. The molecule has 1 aliphatic rings. The van der Waals surface area contributed by atoms with Crippen molar-refractivity contribution in [2.75, 3.05) is 11.5 Å². The van der Waals surface area contributed by atoms with Crippen molar-refractivity contribution in [2.45, 2.75) is 13.8 Å². The highest BCUT2D eigenvalue weighted by atomic mass is 16.6. The molecule has 1 aliphatic heterocycles. The SMILES string of the molecule is Cc1cc(C)c(C=C2C(=O)N(C(=O)OCC(=O)O)c3ccccc32)[nH]1. The van der Waals surface area contributed by atoms with Crippen molar-refractivity contribution in [2.24, 2.45) is 0 Å². The first-order chi connectivity index (χ1) is 11.9. The van der Waals surface area contributed by atoms with E-state index in [1.54, 1.807) is 30.3 Å². The molecule has 2 N–H and O–H groups in total. The molecule has 0 unspecified atom stereocenters. The minimum atomic E-state index is -1.29. The number of hydrogen-bond acceptors (Lipinski definition) is 4. The number of hydrogen-bond donors (Lipinski definition) is 2. The molecule has 0 saturated heterocycles. The van der Waals surface area contributed by atoms with E-state index in [0.29, 0.717) is 16.8 Å². The van der Waals surface area contributed by atoms with E-state index in [0.717, 1.165) is 21.9 Å². The number of benzene rings is 1. The summed E-state index contributed by atoms with van der Waals surface area (Å²) in [6.07, 6.45) is 0.677. The van der Waals surface area contributed by atoms with Gasteiger partial charge in [0.2, 0.25) is 0 Å². The quantitative estimate of drug-likeness (QED) is 0.837. The number of nitrogens with zero attached hydrogens (tertiary/aromatic N) is 1. The Balaban J connectivity index is 2.02. The Morgan fingerprint density at radius 2 is 2.00 bits per heavy atom. The predicted molar refractivity (Wildman–Crippen MR) is 91.0 cm³/mol. The van der Waals surface area contributed by atoms with Crippen LogP contribution in [0.15, 0.2) is 30.3 Å². The standard InChI is InChI=1S/C18H16N2O5/c1-10-7-11(2)19-14(10)8-13-12-5-3-4-6-15(12)20(17(13)23)18(24)25-9-16(21)22/h3-8,19H,9H2,1-2H3,(H,21,22). The number of nitrogens with one attached hydrogen (secondary N) is 1. The third kappa shape index (κ3) is 3.03. The summed E-state index contributed by atoms with van der Waals surface area (Å²) in [5.74, 6) is -1.84. The summed E-state index contributed by atoms with van der Waals surface area (Å²) in [4.78, 5) is 39.6. The number of amides is 2. The molecule has 0 saturated carbocycles. The van der Waals surface area contributed by atoms with Gasteiger partial charge in [0.1, 0.15) is 0 Å². The summed E-state index contributed by atoms with van der Waals surface area (Å²) in [5.41, 5.74) is 4.01. The minimum absolute atomic E-state index is 0.341. The van der Waals surface area contributed by atoms with Crippen LogP contribution in [-0.2, 0) is 14.3 Å². The van der Waals surface area contributed by atoms with Gasteiger partial charge in [-0.2, -0.15) is 0 Å². The van der Waals surface area contributed by atoms with Gasteiger partial charge >= 0.3 is 12.1 Å². The Hall–Kier alpha value is -3.35. The van der Waals surface area contributed by atoms with Crippen LogP contribution in [0, 0.1) is 13.8 Å².